The van der Waals surface area contributed by atoms with Gasteiger partial charge in [0.25, 0.3) is 5.91 Å². The van der Waals surface area contributed by atoms with Gasteiger partial charge >= 0.3 is 0 Å². The minimum Gasteiger partial charge on any atom is -0.497 e. The molecule has 0 aliphatic carbocycles. The zero-order valence-electron chi connectivity index (χ0n) is 17.5. The van der Waals surface area contributed by atoms with E-state index in [9.17, 15) is 4.79 Å². The van der Waals surface area contributed by atoms with Gasteiger partial charge in [0.1, 0.15) is 17.3 Å². The van der Waals surface area contributed by atoms with Crippen molar-refractivity contribution in [2.45, 2.75) is 26.3 Å². The summed E-state index contributed by atoms with van der Waals surface area (Å²) in [4.78, 5) is 19.8. The van der Waals surface area contributed by atoms with Crippen molar-refractivity contribution in [2.75, 3.05) is 18.6 Å². The standard InChI is InChI=1S/C24H24N2O4S/c1-3-4-13-29-18-9-7-17(8-10-18)23(27)26(16-20-6-5-14-30-20)24-25-21-12-11-19(28-2)15-22(21)31-24/h5-12,14-15H,3-4,13,16H2,1-2H3. The van der Waals surface area contributed by atoms with Crippen LogP contribution in [-0.4, -0.2) is 24.6 Å². The molecule has 6 nitrogen and oxygen atoms in total. The van der Waals surface area contributed by atoms with Crippen LogP contribution in [0.15, 0.2) is 65.3 Å². The molecule has 7 heteroatoms. The van der Waals surface area contributed by atoms with Crippen molar-refractivity contribution in [1.29, 1.82) is 0 Å². The molecular formula is C24H24N2O4S. The van der Waals surface area contributed by atoms with E-state index in [0.717, 1.165) is 34.6 Å². The molecule has 1 amide bonds. The van der Waals surface area contributed by atoms with E-state index < -0.39 is 0 Å². The highest BCUT2D eigenvalue weighted by Gasteiger charge is 2.23. The molecular weight excluding hydrogens is 412 g/mol. The number of unbranched alkanes of at least 4 members (excludes halogenated alkanes) is 1. The van der Waals surface area contributed by atoms with Crippen molar-refractivity contribution in [3.8, 4) is 11.5 Å². The van der Waals surface area contributed by atoms with Gasteiger partial charge in [-0.05, 0) is 61.0 Å². The normalized spacial score (nSPS) is 10.9. The number of hydrogen-bond acceptors (Lipinski definition) is 6. The lowest BCUT2D eigenvalue weighted by molar-refractivity contribution is 0.0983. The van der Waals surface area contributed by atoms with Crippen molar-refractivity contribution in [3.63, 3.8) is 0 Å². The monoisotopic (exact) mass is 436 g/mol. The maximum absolute atomic E-state index is 13.4. The van der Waals surface area contributed by atoms with Gasteiger partial charge in [-0.2, -0.15) is 0 Å². The third kappa shape index (κ3) is 4.88. The van der Waals surface area contributed by atoms with Crippen molar-refractivity contribution in [2.24, 2.45) is 0 Å². The van der Waals surface area contributed by atoms with Crippen LogP contribution in [0, 0.1) is 0 Å². The summed E-state index contributed by atoms with van der Waals surface area (Å²) in [5.74, 6) is 2.05. The van der Waals surface area contributed by atoms with Crippen LogP contribution < -0.4 is 14.4 Å². The van der Waals surface area contributed by atoms with E-state index in [0.29, 0.717) is 23.1 Å². The highest BCUT2D eigenvalue weighted by molar-refractivity contribution is 7.22. The average molecular weight is 437 g/mol. The Bertz CT molecular complexity index is 1140. The van der Waals surface area contributed by atoms with Gasteiger partial charge in [0, 0.05) is 5.56 Å². The summed E-state index contributed by atoms with van der Waals surface area (Å²) in [5.41, 5.74) is 1.38. The van der Waals surface area contributed by atoms with Gasteiger partial charge in [-0.15, -0.1) is 0 Å². The summed E-state index contributed by atoms with van der Waals surface area (Å²) in [6.07, 6.45) is 3.68. The third-order valence-electron chi connectivity index (χ3n) is 4.82. The van der Waals surface area contributed by atoms with Crippen molar-refractivity contribution in [3.05, 3.63) is 72.2 Å². The SMILES string of the molecule is CCCCOc1ccc(C(=O)N(Cc2ccco2)c2nc3ccc(OC)cc3s2)cc1. The van der Waals surface area contributed by atoms with Crippen molar-refractivity contribution in [1.82, 2.24) is 4.98 Å². The zero-order valence-corrected chi connectivity index (χ0v) is 18.4. The average Bonchev–Trinajstić information content (AvgIpc) is 3.46. The summed E-state index contributed by atoms with van der Waals surface area (Å²) in [6, 6.07) is 16.6. The first-order valence-corrected chi connectivity index (χ1v) is 11.0. The molecule has 0 unspecified atom stereocenters. The van der Waals surface area contributed by atoms with Crippen LogP contribution in [0.25, 0.3) is 10.2 Å². The quantitative estimate of drug-likeness (QED) is 0.305. The van der Waals surface area contributed by atoms with E-state index in [1.54, 1.807) is 30.4 Å². The Morgan fingerprint density at radius 3 is 2.65 bits per heavy atom. The molecule has 160 valence electrons. The van der Waals surface area contributed by atoms with Crippen molar-refractivity contribution >= 4 is 32.6 Å². The number of anilines is 1. The van der Waals surface area contributed by atoms with Gasteiger partial charge in [0.2, 0.25) is 0 Å². The van der Waals surface area contributed by atoms with E-state index in [1.165, 1.54) is 11.3 Å². The minimum atomic E-state index is -0.150. The van der Waals surface area contributed by atoms with Crippen LogP contribution in [0.4, 0.5) is 5.13 Å². The topological polar surface area (TPSA) is 64.8 Å². The van der Waals surface area contributed by atoms with E-state index in [4.69, 9.17) is 13.9 Å². The number of amides is 1. The van der Waals surface area contributed by atoms with E-state index in [2.05, 4.69) is 11.9 Å². The minimum absolute atomic E-state index is 0.150. The lowest BCUT2D eigenvalue weighted by atomic mass is 10.2. The fraction of sp³-hybridized carbons (Fsp3) is 0.250. The second-order valence-corrected chi connectivity index (χ2v) is 8.04. The Morgan fingerprint density at radius 1 is 1.13 bits per heavy atom. The number of aromatic nitrogens is 1. The largest absolute Gasteiger partial charge is 0.497 e. The predicted molar refractivity (Wildman–Crippen MR) is 122 cm³/mol. The van der Waals surface area contributed by atoms with E-state index in [1.807, 2.05) is 42.5 Å². The van der Waals surface area contributed by atoms with Crippen LogP contribution in [0.2, 0.25) is 0 Å². The molecule has 4 rings (SSSR count). The lowest BCUT2D eigenvalue weighted by Gasteiger charge is -2.19. The molecule has 0 atom stereocenters. The maximum Gasteiger partial charge on any atom is 0.260 e. The molecule has 0 spiro atoms. The van der Waals surface area contributed by atoms with Crippen molar-refractivity contribution < 1.29 is 18.7 Å². The van der Waals surface area contributed by atoms with Crippen LogP contribution >= 0.6 is 11.3 Å². The fourth-order valence-electron chi connectivity index (χ4n) is 3.10. The number of ether oxygens (including phenoxy) is 2. The van der Waals surface area contributed by atoms with Gasteiger partial charge in [-0.1, -0.05) is 24.7 Å². The molecule has 0 N–H and O–H groups in total. The molecule has 0 aliphatic rings. The van der Waals surface area contributed by atoms with E-state index in [-0.39, 0.29) is 12.5 Å². The molecule has 2 aromatic heterocycles. The molecule has 0 saturated carbocycles. The highest BCUT2D eigenvalue weighted by atomic mass is 32.1. The van der Waals surface area contributed by atoms with E-state index >= 15 is 0 Å². The Hall–Kier alpha value is -3.32. The first-order chi connectivity index (χ1) is 15.2. The Kier molecular flexibility index (Phi) is 6.52. The summed E-state index contributed by atoms with van der Waals surface area (Å²) in [5, 5.41) is 0.605. The number of nitrogens with zero attached hydrogens (tertiary/aromatic N) is 2. The van der Waals surface area contributed by atoms with Gasteiger partial charge in [0.05, 0.1) is 36.7 Å². The summed E-state index contributed by atoms with van der Waals surface area (Å²) in [7, 11) is 1.63. The third-order valence-corrected chi connectivity index (χ3v) is 5.86. The first kappa shape index (κ1) is 20.9. The second kappa shape index (κ2) is 9.66. The Morgan fingerprint density at radius 2 is 1.94 bits per heavy atom. The molecule has 0 aliphatic heterocycles. The van der Waals surface area contributed by atoms with Gasteiger partial charge in [-0.25, -0.2) is 4.98 Å². The molecule has 31 heavy (non-hydrogen) atoms. The number of carbonyl (C=O) groups is 1. The molecule has 0 bridgehead atoms. The fourth-order valence-corrected chi connectivity index (χ4v) is 4.10. The summed E-state index contributed by atoms with van der Waals surface area (Å²) < 4.78 is 17.5. The molecule has 2 aromatic carbocycles. The van der Waals surface area contributed by atoms with Crippen LogP contribution in [0.5, 0.6) is 11.5 Å². The van der Waals surface area contributed by atoms with Crippen LogP contribution in [-0.2, 0) is 6.54 Å². The molecule has 0 radical (unpaired) electrons. The van der Waals surface area contributed by atoms with Crippen LogP contribution in [0.1, 0.15) is 35.9 Å². The Balaban J connectivity index is 1.62. The Labute approximate surface area is 185 Å². The number of fused-ring (bicyclic) bond motifs is 1. The molecule has 4 aromatic rings. The predicted octanol–water partition coefficient (Wildman–Crippen LogP) is 5.92. The van der Waals surface area contributed by atoms with Gasteiger partial charge < -0.3 is 13.9 Å². The number of furan rings is 1. The van der Waals surface area contributed by atoms with Crippen LogP contribution in [0.3, 0.4) is 0 Å². The summed E-state index contributed by atoms with van der Waals surface area (Å²) >= 11 is 1.44. The lowest BCUT2D eigenvalue weighted by Crippen LogP contribution is -2.30. The number of methoxy groups -OCH3 is 1. The number of thiazole rings is 1. The highest BCUT2D eigenvalue weighted by Crippen LogP contribution is 2.33. The summed E-state index contributed by atoms with van der Waals surface area (Å²) in [6.45, 7) is 3.08. The smallest absolute Gasteiger partial charge is 0.260 e. The second-order valence-electron chi connectivity index (χ2n) is 7.03. The number of rotatable bonds is 9. The van der Waals surface area contributed by atoms with Gasteiger partial charge in [-0.3, -0.25) is 9.69 Å². The number of carbonyl (C=O) groups excluding carboxylic acids is 1. The molecule has 2 heterocycles. The van der Waals surface area contributed by atoms with Gasteiger partial charge in [0.15, 0.2) is 5.13 Å². The number of benzene rings is 2. The molecule has 0 fully saturated rings. The number of hydrogen-bond donors (Lipinski definition) is 0. The zero-order chi connectivity index (χ0) is 21.6. The maximum atomic E-state index is 13.4. The first-order valence-electron chi connectivity index (χ1n) is 10.2. The molecule has 0 saturated heterocycles.